The first-order valence-corrected chi connectivity index (χ1v) is 10.8. The number of amides is 2. The van der Waals surface area contributed by atoms with Gasteiger partial charge in [0, 0.05) is 23.8 Å². The van der Waals surface area contributed by atoms with Gasteiger partial charge < -0.3 is 19.8 Å². The average Bonchev–Trinajstić information content (AvgIpc) is 3.44. The maximum absolute atomic E-state index is 12.8. The summed E-state index contributed by atoms with van der Waals surface area (Å²) in [6, 6.07) is 10.3. The lowest BCUT2D eigenvalue weighted by atomic mass is 10.0. The van der Waals surface area contributed by atoms with Crippen LogP contribution in [0.25, 0.3) is 5.69 Å². The lowest BCUT2D eigenvalue weighted by Crippen LogP contribution is -2.46. The fourth-order valence-electron chi connectivity index (χ4n) is 3.40. The van der Waals surface area contributed by atoms with Crippen molar-refractivity contribution in [2.75, 3.05) is 12.4 Å². The number of hydrogen-bond acceptors (Lipinski definition) is 6. The van der Waals surface area contributed by atoms with Crippen molar-refractivity contribution in [3.63, 3.8) is 0 Å². The highest BCUT2D eigenvalue weighted by molar-refractivity contribution is 7.99. The number of nitrogens with one attached hydrogen (secondary N) is 2. The van der Waals surface area contributed by atoms with E-state index in [1.54, 1.807) is 25.3 Å². The predicted octanol–water partition coefficient (Wildman–Crippen LogP) is 3.74. The van der Waals surface area contributed by atoms with E-state index in [0.717, 1.165) is 16.4 Å². The Hall–Kier alpha value is -3.46. The first-order chi connectivity index (χ1) is 15.1. The predicted molar refractivity (Wildman–Crippen MR) is 116 cm³/mol. The molecule has 2 N–H and O–H groups in total. The van der Waals surface area contributed by atoms with Crippen molar-refractivity contribution in [2.45, 2.75) is 25.0 Å². The molecule has 1 aromatic carbocycles. The molecule has 0 saturated carbocycles. The fourth-order valence-corrected chi connectivity index (χ4v) is 4.34. The summed E-state index contributed by atoms with van der Waals surface area (Å²) >= 11 is 1.42. The number of aryl methyl sites for hydroxylation is 1. The molecule has 3 heterocycles. The quantitative estimate of drug-likeness (QED) is 0.431. The standard InChI is InChI=1S/C22H22N4O4S/c1-3-29-20(27)18-15(24-21(28)25-19(18)17-9-6-12-30-17)13-31-22-23-10-11-26(22)16-8-5-4-7-14(16)2/h4-12,19H,3,13H2,1-2H3,(H2,24,25,28). The minimum absolute atomic E-state index is 0.221. The second-order valence-corrected chi connectivity index (χ2v) is 7.76. The highest BCUT2D eigenvalue weighted by atomic mass is 32.2. The van der Waals surface area contributed by atoms with E-state index in [1.165, 1.54) is 18.0 Å². The summed E-state index contributed by atoms with van der Waals surface area (Å²) in [7, 11) is 0. The van der Waals surface area contributed by atoms with Crippen molar-refractivity contribution in [3.05, 3.63) is 77.6 Å². The molecule has 2 amide bonds. The molecule has 0 fully saturated rings. The third-order valence-corrected chi connectivity index (χ3v) is 5.80. The van der Waals surface area contributed by atoms with Gasteiger partial charge in [-0.25, -0.2) is 14.6 Å². The number of carbonyl (C=O) groups is 2. The molecule has 31 heavy (non-hydrogen) atoms. The number of ether oxygens (including phenoxy) is 1. The maximum atomic E-state index is 12.8. The number of furan rings is 1. The van der Waals surface area contributed by atoms with Gasteiger partial charge >= 0.3 is 12.0 Å². The van der Waals surface area contributed by atoms with Crippen LogP contribution in [-0.2, 0) is 9.53 Å². The van der Waals surface area contributed by atoms with Crippen LogP contribution >= 0.6 is 11.8 Å². The number of esters is 1. The summed E-state index contributed by atoms with van der Waals surface area (Å²) in [6.45, 7) is 3.99. The zero-order valence-corrected chi connectivity index (χ0v) is 17.9. The third-order valence-electron chi connectivity index (χ3n) is 4.80. The van der Waals surface area contributed by atoms with Gasteiger partial charge in [-0.05, 0) is 37.6 Å². The number of thioether (sulfide) groups is 1. The van der Waals surface area contributed by atoms with E-state index in [2.05, 4.69) is 15.6 Å². The van der Waals surface area contributed by atoms with E-state index in [-0.39, 0.29) is 6.61 Å². The van der Waals surface area contributed by atoms with Gasteiger partial charge in [-0.3, -0.25) is 4.57 Å². The molecule has 1 aliphatic rings. The van der Waals surface area contributed by atoms with Crippen LogP contribution < -0.4 is 10.6 Å². The molecule has 0 spiro atoms. The Bertz CT molecular complexity index is 1120. The number of para-hydroxylation sites is 1. The van der Waals surface area contributed by atoms with Gasteiger partial charge in [0.2, 0.25) is 0 Å². The van der Waals surface area contributed by atoms with E-state index in [9.17, 15) is 9.59 Å². The number of carbonyl (C=O) groups excluding carboxylic acids is 2. The van der Waals surface area contributed by atoms with E-state index in [1.807, 2.05) is 42.0 Å². The Balaban J connectivity index is 1.66. The molecule has 3 aromatic rings. The van der Waals surface area contributed by atoms with Crippen molar-refractivity contribution in [3.8, 4) is 5.69 Å². The topological polar surface area (TPSA) is 98.4 Å². The van der Waals surface area contributed by atoms with Crippen molar-refractivity contribution in [1.82, 2.24) is 20.2 Å². The smallest absolute Gasteiger partial charge is 0.338 e. The van der Waals surface area contributed by atoms with Gasteiger partial charge in [0.25, 0.3) is 0 Å². The Labute approximate surface area is 183 Å². The van der Waals surface area contributed by atoms with Gasteiger partial charge in [0.15, 0.2) is 5.16 Å². The van der Waals surface area contributed by atoms with Gasteiger partial charge in [-0.15, -0.1) is 0 Å². The summed E-state index contributed by atoms with van der Waals surface area (Å²) in [6.07, 6.45) is 5.11. The van der Waals surface area contributed by atoms with Gasteiger partial charge in [-0.1, -0.05) is 30.0 Å². The molecule has 1 aliphatic heterocycles. The Morgan fingerprint density at radius 3 is 2.87 bits per heavy atom. The molecule has 160 valence electrons. The first kappa shape index (κ1) is 20.8. The highest BCUT2D eigenvalue weighted by Gasteiger charge is 2.35. The third kappa shape index (κ3) is 4.36. The van der Waals surface area contributed by atoms with Crippen LogP contribution in [-0.4, -0.2) is 33.9 Å². The number of benzene rings is 1. The van der Waals surface area contributed by atoms with Crippen molar-refractivity contribution in [2.24, 2.45) is 0 Å². The largest absolute Gasteiger partial charge is 0.467 e. The Morgan fingerprint density at radius 1 is 1.29 bits per heavy atom. The molecule has 2 aromatic heterocycles. The van der Waals surface area contributed by atoms with Crippen LogP contribution in [0.1, 0.15) is 24.3 Å². The van der Waals surface area contributed by atoms with Gasteiger partial charge in [-0.2, -0.15) is 0 Å². The zero-order valence-electron chi connectivity index (χ0n) is 17.1. The van der Waals surface area contributed by atoms with Crippen LogP contribution in [0.3, 0.4) is 0 Å². The minimum atomic E-state index is -0.727. The number of urea groups is 1. The summed E-state index contributed by atoms with van der Waals surface area (Å²) in [5.41, 5.74) is 2.91. The van der Waals surface area contributed by atoms with Crippen molar-refractivity contribution in [1.29, 1.82) is 0 Å². The van der Waals surface area contributed by atoms with Crippen molar-refractivity contribution >= 4 is 23.8 Å². The fraction of sp³-hybridized carbons (Fsp3) is 0.227. The lowest BCUT2D eigenvalue weighted by molar-refractivity contribution is -0.139. The normalized spacial score (nSPS) is 16.1. The molecule has 9 heteroatoms. The van der Waals surface area contributed by atoms with Gasteiger partial charge in [0.1, 0.15) is 11.8 Å². The lowest BCUT2D eigenvalue weighted by Gasteiger charge is -2.27. The minimum Gasteiger partial charge on any atom is -0.467 e. The summed E-state index contributed by atoms with van der Waals surface area (Å²) in [5.74, 6) is 0.276. The molecule has 0 bridgehead atoms. The molecule has 0 saturated heterocycles. The van der Waals surface area contributed by atoms with Gasteiger partial charge in [0.05, 0.1) is 24.1 Å². The number of nitrogens with zero attached hydrogens (tertiary/aromatic N) is 2. The first-order valence-electron chi connectivity index (χ1n) is 9.81. The van der Waals surface area contributed by atoms with Crippen LogP contribution in [0.4, 0.5) is 4.79 Å². The number of imidazole rings is 1. The molecular formula is C22H22N4O4S. The molecule has 1 unspecified atom stereocenters. The summed E-state index contributed by atoms with van der Waals surface area (Å²) in [4.78, 5) is 29.5. The summed E-state index contributed by atoms with van der Waals surface area (Å²) < 4.78 is 12.7. The second kappa shape index (κ2) is 9.13. The van der Waals surface area contributed by atoms with Crippen LogP contribution in [0.2, 0.25) is 0 Å². The van der Waals surface area contributed by atoms with E-state index < -0.39 is 18.0 Å². The van der Waals surface area contributed by atoms with Crippen LogP contribution in [0.15, 0.2) is 75.9 Å². The molecule has 0 radical (unpaired) electrons. The molecule has 8 nitrogen and oxygen atoms in total. The summed E-state index contributed by atoms with van der Waals surface area (Å²) in [5, 5.41) is 6.25. The maximum Gasteiger partial charge on any atom is 0.338 e. The number of rotatable bonds is 7. The Kier molecular flexibility index (Phi) is 6.13. The second-order valence-electron chi connectivity index (χ2n) is 6.81. The van der Waals surface area contributed by atoms with E-state index in [4.69, 9.17) is 9.15 Å². The number of hydrogen-bond donors (Lipinski definition) is 2. The van der Waals surface area contributed by atoms with Crippen molar-refractivity contribution < 1.29 is 18.7 Å². The monoisotopic (exact) mass is 438 g/mol. The molecular weight excluding hydrogens is 416 g/mol. The number of aromatic nitrogens is 2. The van der Waals surface area contributed by atoms with Crippen LogP contribution in [0.5, 0.6) is 0 Å². The average molecular weight is 439 g/mol. The molecule has 4 rings (SSSR count). The van der Waals surface area contributed by atoms with E-state index >= 15 is 0 Å². The van der Waals surface area contributed by atoms with Crippen LogP contribution in [0, 0.1) is 6.92 Å². The SMILES string of the molecule is CCOC(=O)C1=C(CSc2nccn2-c2ccccc2C)NC(=O)NC1c1ccco1. The highest BCUT2D eigenvalue weighted by Crippen LogP contribution is 2.31. The Morgan fingerprint density at radius 2 is 2.13 bits per heavy atom. The van der Waals surface area contributed by atoms with E-state index in [0.29, 0.717) is 22.8 Å². The molecule has 0 aliphatic carbocycles. The zero-order chi connectivity index (χ0) is 21.8. The molecule has 1 atom stereocenters.